The lowest BCUT2D eigenvalue weighted by molar-refractivity contribution is -0.143. The zero-order valence-corrected chi connectivity index (χ0v) is 19.3. The molecule has 3 rings (SSSR count). The second-order valence-corrected chi connectivity index (χ2v) is 10.3. The molecule has 1 atom stereocenters. The van der Waals surface area contributed by atoms with Crippen LogP contribution in [0.15, 0.2) is 41.3 Å². The summed E-state index contributed by atoms with van der Waals surface area (Å²) >= 11 is 11.8. The summed E-state index contributed by atoms with van der Waals surface area (Å²) in [5.41, 5.74) is -3.87. The molecule has 1 heterocycles. The zero-order valence-electron chi connectivity index (χ0n) is 17.0. The molecule has 1 saturated heterocycles. The van der Waals surface area contributed by atoms with Gasteiger partial charge in [-0.25, -0.2) is 8.42 Å². The van der Waals surface area contributed by atoms with Gasteiger partial charge in [-0.2, -0.15) is 30.6 Å². The molecule has 34 heavy (non-hydrogen) atoms. The third-order valence-electron chi connectivity index (χ3n) is 5.12. The van der Waals surface area contributed by atoms with Gasteiger partial charge >= 0.3 is 12.4 Å². The van der Waals surface area contributed by atoms with Crippen LogP contribution in [-0.2, 0) is 27.2 Å². The van der Waals surface area contributed by atoms with Crippen molar-refractivity contribution >= 4 is 44.8 Å². The average Bonchev–Trinajstić information content (AvgIpc) is 2.74. The third kappa shape index (κ3) is 5.96. The first-order chi connectivity index (χ1) is 15.6. The average molecular weight is 549 g/mol. The van der Waals surface area contributed by atoms with Crippen LogP contribution in [0.3, 0.4) is 0 Å². The Hall–Kier alpha value is -2.02. The van der Waals surface area contributed by atoms with Gasteiger partial charge in [0.15, 0.2) is 0 Å². The number of halogens is 8. The zero-order chi connectivity index (χ0) is 25.5. The molecule has 0 saturated carbocycles. The lowest BCUT2D eigenvalue weighted by atomic mass is 9.98. The highest BCUT2D eigenvalue weighted by atomic mass is 35.5. The van der Waals surface area contributed by atoms with Crippen molar-refractivity contribution in [3.63, 3.8) is 0 Å². The number of carbonyl (C=O) groups excluding carboxylic acids is 1. The third-order valence-corrected chi connectivity index (χ3v) is 7.70. The molecule has 2 aromatic carbocycles. The van der Waals surface area contributed by atoms with Gasteiger partial charge < -0.3 is 5.32 Å². The molecule has 2 aromatic rings. The predicted molar refractivity (Wildman–Crippen MR) is 113 cm³/mol. The number of hydrogen-bond donors (Lipinski definition) is 1. The maximum Gasteiger partial charge on any atom is 0.416 e. The van der Waals surface area contributed by atoms with E-state index in [9.17, 15) is 39.6 Å². The van der Waals surface area contributed by atoms with E-state index in [1.165, 1.54) is 12.1 Å². The maximum atomic E-state index is 13.1. The van der Waals surface area contributed by atoms with Gasteiger partial charge in [0.2, 0.25) is 15.9 Å². The molecule has 0 aromatic heterocycles. The number of carbonyl (C=O) groups is 1. The van der Waals surface area contributed by atoms with Gasteiger partial charge in [-0.05, 0) is 49.2 Å². The minimum Gasteiger partial charge on any atom is -0.326 e. The lowest BCUT2D eigenvalue weighted by Gasteiger charge is -2.31. The highest BCUT2D eigenvalue weighted by Crippen LogP contribution is 2.38. The Bertz CT molecular complexity index is 1170. The normalized spacial score (nSPS) is 18.1. The summed E-state index contributed by atoms with van der Waals surface area (Å²) in [7, 11) is -4.17. The van der Waals surface area contributed by atoms with E-state index in [2.05, 4.69) is 5.32 Å². The number of piperidine rings is 1. The largest absolute Gasteiger partial charge is 0.416 e. The van der Waals surface area contributed by atoms with Crippen LogP contribution >= 0.6 is 23.2 Å². The summed E-state index contributed by atoms with van der Waals surface area (Å²) < 4.78 is 105. The van der Waals surface area contributed by atoms with Crippen molar-refractivity contribution < 1.29 is 39.6 Å². The van der Waals surface area contributed by atoms with Crippen molar-refractivity contribution in [2.45, 2.75) is 30.1 Å². The second kappa shape index (κ2) is 9.56. The Morgan fingerprint density at radius 1 is 0.971 bits per heavy atom. The van der Waals surface area contributed by atoms with Crippen LogP contribution in [0.1, 0.15) is 24.0 Å². The van der Waals surface area contributed by atoms with Crippen molar-refractivity contribution in [3.05, 3.63) is 57.6 Å². The number of nitrogens with zero attached hydrogens (tertiary/aromatic N) is 1. The molecule has 0 radical (unpaired) electrons. The van der Waals surface area contributed by atoms with Gasteiger partial charge in [-0.3, -0.25) is 4.79 Å². The molecule has 0 unspecified atom stereocenters. The van der Waals surface area contributed by atoms with Crippen LogP contribution in [0.4, 0.5) is 32.0 Å². The van der Waals surface area contributed by atoms with Crippen molar-refractivity contribution in [2.75, 3.05) is 18.4 Å². The number of nitrogens with one attached hydrogen (secondary N) is 1. The Labute approximate surface area is 200 Å². The van der Waals surface area contributed by atoms with E-state index < -0.39 is 51.0 Å². The standard InChI is InChI=1S/C20H16Cl2F6N2O3S/c21-14-3-4-16(22)17(9-14)34(32,33)30-5-1-2-11(10-30)18(31)29-15-7-12(19(23,24)25)6-13(8-15)20(26,27)28/h3-4,6-9,11H,1-2,5,10H2,(H,29,31)/t11-/m0/s1. The SMILES string of the molecule is O=C(Nc1cc(C(F)(F)F)cc(C(F)(F)F)c1)[C@H]1CCCN(S(=O)(=O)c2cc(Cl)ccc2Cl)C1. The quantitative estimate of drug-likeness (QED) is 0.471. The van der Waals surface area contributed by atoms with Crippen LogP contribution < -0.4 is 5.32 Å². The van der Waals surface area contributed by atoms with E-state index in [0.717, 1.165) is 10.4 Å². The summed E-state index contributed by atoms with van der Waals surface area (Å²) in [6.07, 6.45) is -9.75. The summed E-state index contributed by atoms with van der Waals surface area (Å²) in [5, 5.41) is 2.07. The molecule has 1 fully saturated rings. The number of anilines is 1. The number of alkyl halides is 6. The monoisotopic (exact) mass is 548 g/mol. The Kier molecular flexibility index (Phi) is 7.47. The number of amides is 1. The fraction of sp³-hybridized carbons (Fsp3) is 0.350. The summed E-state index contributed by atoms with van der Waals surface area (Å²) in [6.45, 7) is -0.307. The molecule has 1 N–H and O–H groups in total. The van der Waals surface area contributed by atoms with Gasteiger partial charge in [-0.15, -0.1) is 0 Å². The molecule has 186 valence electrons. The topological polar surface area (TPSA) is 66.5 Å². The highest BCUT2D eigenvalue weighted by Gasteiger charge is 2.38. The maximum absolute atomic E-state index is 13.1. The van der Waals surface area contributed by atoms with Gasteiger partial charge in [0.05, 0.1) is 22.1 Å². The number of hydrogen-bond acceptors (Lipinski definition) is 3. The minimum atomic E-state index is -5.08. The van der Waals surface area contributed by atoms with Crippen LogP contribution in [0, 0.1) is 5.92 Å². The van der Waals surface area contributed by atoms with Gasteiger partial charge in [-0.1, -0.05) is 23.2 Å². The summed E-state index contributed by atoms with van der Waals surface area (Å²) in [4.78, 5) is 12.4. The number of rotatable bonds is 4. The smallest absolute Gasteiger partial charge is 0.326 e. The van der Waals surface area contributed by atoms with E-state index in [4.69, 9.17) is 23.2 Å². The van der Waals surface area contributed by atoms with Crippen LogP contribution in [0.5, 0.6) is 0 Å². The first kappa shape index (κ1) is 26.6. The molecule has 0 aliphatic carbocycles. The van der Waals surface area contributed by atoms with Crippen LogP contribution in [-0.4, -0.2) is 31.7 Å². The van der Waals surface area contributed by atoms with E-state index in [1.54, 1.807) is 0 Å². The Morgan fingerprint density at radius 2 is 1.56 bits per heavy atom. The first-order valence-corrected chi connectivity index (χ1v) is 11.8. The fourth-order valence-electron chi connectivity index (χ4n) is 3.46. The number of benzene rings is 2. The van der Waals surface area contributed by atoms with E-state index >= 15 is 0 Å². The van der Waals surface area contributed by atoms with Gasteiger partial charge in [0.1, 0.15) is 4.90 Å². The van der Waals surface area contributed by atoms with Crippen LogP contribution in [0.25, 0.3) is 0 Å². The molecule has 0 bridgehead atoms. The van der Waals surface area contributed by atoms with Gasteiger partial charge in [0.25, 0.3) is 0 Å². The molecule has 1 aliphatic rings. The van der Waals surface area contributed by atoms with Gasteiger partial charge in [0, 0.05) is 23.8 Å². The van der Waals surface area contributed by atoms with Crippen molar-refractivity contribution in [2.24, 2.45) is 5.92 Å². The van der Waals surface area contributed by atoms with Crippen molar-refractivity contribution in [1.29, 1.82) is 0 Å². The van der Waals surface area contributed by atoms with E-state index in [-0.39, 0.29) is 46.9 Å². The molecular weight excluding hydrogens is 533 g/mol. The fourth-order valence-corrected chi connectivity index (χ4v) is 5.72. The lowest BCUT2D eigenvalue weighted by Crippen LogP contribution is -2.43. The Morgan fingerprint density at radius 3 is 2.12 bits per heavy atom. The highest BCUT2D eigenvalue weighted by molar-refractivity contribution is 7.89. The molecular formula is C20H16Cl2F6N2O3S. The minimum absolute atomic E-state index is 0.0384. The molecule has 14 heteroatoms. The summed E-state index contributed by atoms with van der Waals surface area (Å²) in [6, 6.07) is 4.53. The summed E-state index contributed by atoms with van der Waals surface area (Å²) in [5.74, 6) is -1.94. The molecule has 1 amide bonds. The molecule has 0 spiro atoms. The van der Waals surface area contributed by atoms with E-state index in [1.807, 2.05) is 0 Å². The van der Waals surface area contributed by atoms with Crippen LogP contribution in [0.2, 0.25) is 10.0 Å². The van der Waals surface area contributed by atoms with Crippen molar-refractivity contribution in [1.82, 2.24) is 4.31 Å². The molecule has 5 nitrogen and oxygen atoms in total. The first-order valence-electron chi connectivity index (χ1n) is 9.64. The second-order valence-electron chi connectivity index (χ2n) is 7.56. The van der Waals surface area contributed by atoms with E-state index in [0.29, 0.717) is 12.1 Å². The molecule has 1 aliphatic heterocycles. The Balaban J connectivity index is 1.84. The predicted octanol–water partition coefficient (Wildman–Crippen LogP) is 6.07. The number of sulfonamides is 1. The van der Waals surface area contributed by atoms with Crippen molar-refractivity contribution in [3.8, 4) is 0 Å².